The van der Waals surface area contributed by atoms with Crippen molar-refractivity contribution in [1.29, 1.82) is 0 Å². The number of fused-ring (bicyclic) bond motifs is 1. The number of nitrogens with zero attached hydrogens (tertiary/aromatic N) is 6. The first-order valence-corrected chi connectivity index (χ1v) is 11.5. The number of aromatic nitrogens is 4. The molecule has 0 spiro atoms. The first-order chi connectivity index (χ1) is 15.0. The van der Waals surface area contributed by atoms with Gasteiger partial charge < -0.3 is 9.80 Å². The van der Waals surface area contributed by atoms with Crippen molar-refractivity contribution in [1.82, 2.24) is 19.6 Å². The Bertz CT molecular complexity index is 1210. The zero-order valence-corrected chi connectivity index (χ0v) is 18.7. The van der Waals surface area contributed by atoms with E-state index in [2.05, 4.69) is 35.8 Å². The van der Waals surface area contributed by atoms with Crippen LogP contribution >= 0.6 is 11.3 Å². The van der Waals surface area contributed by atoms with Gasteiger partial charge in [0.2, 0.25) is 0 Å². The van der Waals surface area contributed by atoms with Crippen LogP contribution in [0.25, 0.3) is 16.9 Å². The van der Waals surface area contributed by atoms with Gasteiger partial charge in [-0.3, -0.25) is 0 Å². The van der Waals surface area contributed by atoms with E-state index in [0.29, 0.717) is 6.04 Å². The number of benzene rings is 1. The highest BCUT2D eigenvalue weighted by Crippen LogP contribution is 2.34. The molecule has 1 atom stereocenters. The number of hydrogen-bond acceptors (Lipinski definition) is 6. The number of imidazole rings is 1. The van der Waals surface area contributed by atoms with Crippen molar-refractivity contribution in [3.63, 3.8) is 0 Å². The van der Waals surface area contributed by atoms with Gasteiger partial charge >= 0.3 is 0 Å². The van der Waals surface area contributed by atoms with Crippen molar-refractivity contribution in [3.05, 3.63) is 53.3 Å². The number of hydrogen-bond donors (Lipinski definition) is 0. The summed E-state index contributed by atoms with van der Waals surface area (Å²) in [7, 11) is 2.00. The average molecular weight is 437 g/mol. The van der Waals surface area contributed by atoms with Crippen LogP contribution in [-0.4, -0.2) is 39.2 Å². The fraction of sp³-hybridized carbons (Fsp3) is 0.348. The first kappa shape index (κ1) is 19.9. The molecule has 1 fully saturated rings. The minimum atomic E-state index is -0.246. The minimum Gasteiger partial charge on any atom is -0.352 e. The molecule has 1 aliphatic rings. The van der Waals surface area contributed by atoms with Crippen LogP contribution in [0, 0.1) is 5.82 Å². The number of halogens is 1. The standard InChI is InChI=1S/C23H25FN6S/c1-4-18-22(28(3)23-26-19(14-31-23)16-7-9-17(24)10-8-16)30-20(25-18)11-12-21(27-30)29-13-5-6-15(29)2/h7-12,14-15H,4-6,13H2,1-3H3/t15-/m1/s1. The first-order valence-electron chi connectivity index (χ1n) is 10.7. The molecule has 4 heterocycles. The van der Waals surface area contributed by atoms with Gasteiger partial charge in [-0.2, -0.15) is 4.52 Å². The number of anilines is 3. The van der Waals surface area contributed by atoms with Gasteiger partial charge in [-0.25, -0.2) is 14.4 Å². The van der Waals surface area contributed by atoms with E-state index in [1.165, 1.54) is 25.0 Å². The summed E-state index contributed by atoms with van der Waals surface area (Å²) in [5.74, 6) is 1.67. The van der Waals surface area contributed by atoms with Gasteiger partial charge in [-0.05, 0) is 62.6 Å². The number of rotatable bonds is 5. The van der Waals surface area contributed by atoms with Crippen molar-refractivity contribution >= 4 is 33.8 Å². The van der Waals surface area contributed by atoms with Crippen LogP contribution < -0.4 is 9.80 Å². The SMILES string of the molecule is CCc1nc2ccc(N3CCC[C@H]3C)nn2c1N(C)c1nc(-c2ccc(F)cc2)cs1. The molecule has 6 nitrogen and oxygen atoms in total. The van der Waals surface area contributed by atoms with Gasteiger partial charge in [-0.15, -0.1) is 16.4 Å². The molecule has 1 aromatic carbocycles. The summed E-state index contributed by atoms with van der Waals surface area (Å²) in [4.78, 5) is 14.0. The summed E-state index contributed by atoms with van der Waals surface area (Å²) in [5.41, 5.74) is 3.55. The predicted octanol–water partition coefficient (Wildman–Crippen LogP) is 5.31. The molecule has 1 aliphatic heterocycles. The maximum absolute atomic E-state index is 13.3. The van der Waals surface area contributed by atoms with Crippen LogP contribution in [0.15, 0.2) is 41.8 Å². The molecule has 5 rings (SSSR count). The highest BCUT2D eigenvalue weighted by atomic mass is 32.1. The predicted molar refractivity (Wildman–Crippen MR) is 124 cm³/mol. The van der Waals surface area contributed by atoms with E-state index in [-0.39, 0.29) is 5.82 Å². The topological polar surface area (TPSA) is 49.6 Å². The summed E-state index contributed by atoms with van der Waals surface area (Å²) in [6.07, 6.45) is 3.19. The quantitative estimate of drug-likeness (QED) is 0.424. The fourth-order valence-corrected chi connectivity index (χ4v) is 5.02. The molecule has 4 aromatic rings. The van der Waals surface area contributed by atoms with E-state index >= 15 is 0 Å². The second-order valence-corrected chi connectivity index (χ2v) is 8.80. The van der Waals surface area contributed by atoms with Gasteiger partial charge in [0.15, 0.2) is 16.6 Å². The molecule has 3 aromatic heterocycles. The molecule has 160 valence electrons. The Morgan fingerprint density at radius 3 is 2.68 bits per heavy atom. The van der Waals surface area contributed by atoms with Crippen LogP contribution in [0.2, 0.25) is 0 Å². The van der Waals surface area contributed by atoms with Crippen LogP contribution in [-0.2, 0) is 6.42 Å². The molecule has 8 heteroatoms. The summed E-state index contributed by atoms with van der Waals surface area (Å²) in [6, 6.07) is 11.1. The van der Waals surface area contributed by atoms with Crippen molar-refractivity contribution in [2.75, 3.05) is 23.4 Å². The van der Waals surface area contributed by atoms with Gasteiger partial charge in [-0.1, -0.05) is 6.92 Å². The lowest BCUT2D eigenvalue weighted by Crippen LogP contribution is -2.27. The monoisotopic (exact) mass is 436 g/mol. The van der Waals surface area contributed by atoms with Gasteiger partial charge in [0.05, 0.1) is 11.4 Å². The molecule has 31 heavy (non-hydrogen) atoms. The molecule has 0 N–H and O–H groups in total. The van der Waals surface area contributed by atoms with Gasteiger partial charge in [0.1, 0.15) is 11.6 Å². The Balaban J connectivity index is 1.54. The summed E-state index contributed by atoms with van der Waals surface area (Å²) in [5, 5.41) is 7.81. The molecule has 0 unspecified atom stereocenters. The van der Waals surface area contributed by atoms with E-state index in [1.54, 1.807) is 23.5 Å². The fourth-order valence-electron chi connectivity index (χ4n) is 4.22. The molecule has 0 bridgehead atoms. The van der Waals surface area contributed by atoms with Gasteiger partial charge in [0.25, 0.3) is 0 Å². The third-order valence-electron chi connectivity index (χ3n) is 5.93. The van der Waals surface area contributed by atoms with E-state index in [0.717, 1.165) is 52.3 Å². The molecule has 0 saturated carbocycles. The maximum atomic E-state index is 13.3. The van der Waals surface area contributed by atoms with Crippen molar-refractivity contribution < 1.29 is 4.39 Å². The van der Waals surface area contributed by atoms with E-state index in [1.807, 2.05) is 16.9 Å². The lowest BCUT2D eigenvalue weighted by molar-refractivity contribution is 0.628. The smallest absolute Gasteiger partial charge is 0.191 e. The average Bonchev–Trinajstić information content (AvgIpc) is 3.51. The molecular formula is C23H25FN6S. The molecule has 0 aliphatic carbocycles. The van der Waals surface area contributed by atoms with Gasteiger partial charge in [0, 0.05) is 30.6 Å². The highest BCUT2D eigenvalue weighted by Gasteiger charge is 2.24. The van der Waals surface area contributed by atoms with Crippen LogP contribution in [0.3, 0.4) is 0 Å². The second-order valence-electron chi connectivity index (χ2n) is 7.96. The number of thiazole rings is 1. The molecular weight excluding hydrogens is 411 g/mol. The zero-order chi connectivity index (χ0) is 21.5. The van der Waals surface area contributed by atoms with E-state index in [4.69, 9.17) is 15.1 Å². The third kappa shape index (κ3) is 3.54. The summed E-state index contributed by atoms with van der Waals surface area (Å²) < 4.78 is 15.2. The Morgan fingerprint density at radius 1 is 1.16 bits per heavy atom. The number of aryl methyl sites for hydroxylation is 1. The highest BCUT2D eigenvalue weighted by molar-refractivity contribution is 7.14. The molecule has 1 saturated heterocycles. The zero-order valence-electron chi connectivity index (χ0n) is 17.9. The second kappa shape index (κ2) is 7.92. The Kier molecular flexibility index (Phi) is 5.09. The maximum Gasteiger partial charge on any atom is 0.191 e. The van der Waals surface area contributed by atoms with Crippen LogP contribution in [0.5, 0.6) is 0 Å². The molecule has 0 amide bonds. The summed E-state index contributed by atoms with van der Waals surface area (Å²) >= 11 is 1.55. The minimum absolute atomic E-state index is 0.246. The van der Waals surface area contributed by atoms with E-state index < -0.39 is 0 Å². The Labute approximate surface area is 185 Å². The van der Waals surface area contributed by atoms with Crippen molar-refractivity contribution in [2.45, 2.75) is 39.2 Å². The lowest BCUT2D eigenvalue weighted by atomic mass is 10.2. The normalized spacial score (nSPS) is 16.4. The summed E-state index contributed by atoms with van der Waals surface area (Å²) in [6.45, 7) is 5.39. The van der Waals surface area contributed by atoms with Crippen LogP contribution in [0.4, 0.5) is 21.2 Å². The van der Waals surface area contributed by atoms with E-state index in [9.17, 15) is 4.39 Å². The van der Waals surface area contributed by atoms with Crippen molar-refractivity contribution in [2.24, 2.45) is 0 Å². The van der Waals surface area contributed by atoms with Crippen molar-refractivity contribution in [3.8, 4) is 11.3 Å². The Hall–Kier alpha value is -3.00. The lowest BCUT2D eigenvalue weighted by Gasteiger charge is -2.23. The molecule has 0 radical (unpaired) electrons. The third-order valence-corrected chi connectivity index (χ3v) is 6.85. The van der Waals surface area contributed by atoms with Crippen LogP contribution in [0.1, 0.15) is 32.4 Å². The Morgan fingerprint density at radius 2 is 1.97 bits per heavy atom. The largest absolute Gasteiger partial charge is 0.352 e.